The largest absolute Gasteiger partial charge is 0.472 e. The molecule has 1 aromatic heterocycles. The SMILES string of the molecule is OCC1(O)C=C(Br)C(c2ccccc2)C(c2ccoc2)=C1. The molecule has 1 aliphatic carbocycles. The van der Waals surface area contributed by atoms with Crippen LogP contribution in [-0.4, -0.2) is 22.4 Å². The van der Waals surface area contributed by atoms with E-state index in [4.69, 9.17) is 4.42 Å². The molecule has 21 heavy (non-hydrogen) atoms. The van der Waals surface area contributed by atoms with Crippen LogP contribution < -0.4 is 0 Å². The van der Waals surface area contributed by atoms with Crippen molar-refractivity contribution in [3.05, 3.63) is 76.7 Å². The Balaban J connectivity index is 2.13. The summed E-state index contributed by atoms with van der Waals surface area (Å²) in [6, 6.07) is 11.9. The van der Waals surface area contributed by atoms with Gasteiger partial charge in [-0.25, -0.2) is 0 Å². The third kappa shape index (κ3) is 2.75. The topological polar surface area (TPSA) is 53.6 Å². The van der Waals surface area contributed by atoms with Crippen LogP contribution >= 0.6 is 15.9 Å². The Bertz CT molecular complexity index is 673. The van der Waals surface area contributed by atoms with Crippen molar-refractivity contribution in [2.75, 3.05) is 6.61 Å². The van der Waals surface area contributed by atoms with Crippen molar-refractivity contribution >= 4 is 21.5 Å². The van der Waals surface area contributed by atoms with Gasteiger partial charge in [0.15, 0.2) is 0 Å². The fourth-order valence-electron chi connectivity index (χ4n) is 2.62. The predicted octanol–water partition coefficient (Wildman–Crippen LogP) is 3.46. The van der Waals surface area contributed by atoms with Gasteiger partial charge in [0.2, 0.25) is 0 Å². The Hall–Kier alpha value is -1.62. The molecule has 2 unspecified atom stereocenters. The van der Waals surface area contributed by atoms with Crippen molar-refractivity contribution in [3.63, 3.8) is 0 Å². The van der Waals surface area contributed by atoms with Crippen molar-refractivity contribution in [2.24, 2.45) is 0 Å². The summed E-state index contributed by atoms with van der Waals surface area (Å²) < 4.78 is 5.99. The molecule has 0 bridgehead atoms. The van der Waals surface area contributed by atoms with E-state index in [0.29, 0.717) is 0 Å². The second kappa shape index (κ2) is 5.64. The van der Waals surface area contributed by atoms with Gasteiger partial charge in [0.1, 0.15) is 5.60 Å². The Kier molecular flexibility index (Phi) is 3.85. The van der Waals surface area contributed by atoms with Crippen LogP contribution in [0.5, 0.6) is 0 Å². The predicted molar refractivity (Wildman–Crippen MR) is 84.9 cm³/mol. The molecule has 2 atom stereocenters. The lowest BCUT2D eigenvalue weighted by molar-refractivity contribution is 0.0668. The molecule has 0 radical (unpaired) electrons. The molecule has 0 aliphatic heterocycles. The second-order valence-electron chi connectivity index (χ2n) is 5.13. The number of rotatable bonds is 3. The molecule has 0 fully saturated rings. The number of hydrogen-bond acceptors (Lipinski definition) is 3. The number of furan rings is 1. The van der Waals surface area contributed by atoms with Crippen LogP contribution in [-0.2, 0) is 0 Å². The summed E-state index contributed by atoms with van der Waals surface area (Å²) in [5, 5.41) is 19.9. The van der Waals surface area contributed by atoms with E-state index in [9.17, 15) is 10.2 Å². The Morgan fingerprint density at radius 2 is 1.90 bits per heavy atom. The van der Waals surface area contributed by atoms with Gasteiger partial charge < -0.3 is 14.6 Å². The summed E-state index contributed by atoms with van der Waals surface area (Å²) in [5.41, 5.74) is 1.53. The van der Waals surface area contributed by atoms with Gasteiger partial charge in [-0.1, -0.05) is 46.3 Å². The fraction of sp³-hybridized carbons (Fsp3) is 0.176. The minimum absolute atomic E-state index is 0.0318. The van der Waals surface area contributed by atoms with E-state index in [1.54, 1.807) is 24.7 Å². The van der Waals surface area contributed by atoms with Gasteiger partial charge in [-0.3, -0.25) is 0 Å². The number of aliphatic hydroxyl groups excluding tert-OH is 1. The lowest BCUT2D eigenvalue weighted by Crippen LogP contribution is -2.32. The Morgan fingerprint density at radius 3 is 2.52 bits per heavy atom. The van der Waals surface area contributed by atoms with Crippen molar-refractivity contribution in [3.8, 4) is 0 Å². The van der Waals surface area contributed by atoms with Gasteiger partial charge in [-0.2, -0.15) is 0 Å². The normalized spacial score (nSPS) is 25.4. The molecule has 4 heteroatoms. The van der Waals surface area contributed by atoms with Gasteiger partial charge in [-0.15, -0.1) is 0 Å². The molecular weight excluding hydrogens is 332 g/mol. The van der Waals surface area contributed by atoms with E-state index in [2.05, 4.69) is 15.9 Å². The Morgan fingerprint density at radius 1 is 1.14 bits per heavy atom. The third-order valence-electron chi connectivity index (χ3n) is 3.62. The highest BCUT2D eigenvalue weighted by Crippen LogP contribution is 2.45. The van der Waals surface area contributed by atoms with Crippen LogP contribution in [0.1, 0.15) is 17.0 Å². The molecule has 0 spiro atoms. The number of allylic oxidation sites excluding steroid dienone is 2. The first kappa shape index (κ1) is 14.3. The standard InChI is InChI=1S/C17H15BrO3/c18-15-9-17(20,11-19)8-14(13-6-7-21-10-13)16(15)12-4-2-1-3-5-12/h1-10,16,19-20H,11H2. The zero-order chi connectivity index (χ0) is 14.9. The third-order valence-corrected chi connectivity index (χ3v) is 4.31. The van der Waals surface area contributed by atoms with E-state index in [-0.39, 0.29) is 12.5 Å². The molecule has 1 aromatic carbocycles. The first-order valence-corrected chi connectivity index (χ1v) is 7.44. The molecule has 2 aromatic rings. The van der Waals surface area contributed by atoms with Gasteiger partial charge in [0.25, 0.3) is 0 Å². The van der Waals surface area contributed by atoms with Crippen LogP contribution in [0.2, 0.25) is 0 Å². The van der Waals surface area contributed by atoms with Crippen molar-refractivity contribution in [1.82, 2.24) is 0 Å². The van der Waals surface area contributed by atoms with Crippen LogP contribution in [0.4, 0.5) is 0 Å². The number of aliphatic hydroxyl groups is 2. The summed E-state index contributed by atoms with van der Waals surface area (Å²) >= 11 is 3.55. The first-order chi connectivity index (χ1) is 10.1. The molecule has 1 heterocycles. The summed E-state index contributed by atoms with van der Waals surface area (Å²) in [4.78, 5) is 0. The van der Waals surface area contributed by atoms with Crippen LogP contribution in [0, 0.1) is 0 Å². The Labute approximate surface area is 131 Å². The number of hydrogen-bond donors (Lipinski definition) is 2. The molecule has 1 aliphatic rings. The number of halogens is 1. The summed E-state index contributed by atoms with van der Waals surface area (Å²) in [6.07, 6.45) is 6.59. The van der Waals surface area contributed by atoms with Crippen molar-refractivity contribution < 1.29 is 14.6 Å². The van der Waals surface area contributed by atoms with Gasteiger partial charge >= 0.3 is 0 Å². The zero-order valence-corrected chi connectivity index (χ0v) is 12.8. The maximum Gasteiger partial charge on any atom is 0.126 e. The van der Waals surface area contributed by atoms with Crippen LogP contribution in [0.3, 0.4) is 0 Å². The van der Waals surface area contributed by atoms with Crippen LogP contribution in [0.25, 0.3) is 5.57 Å². The minimum Gasteiger partial charge on any atom is -0.472 e. The summed E-state index contributed by atoms with van der Waals surface area (Å²) in [5.74, 6) is -0.0318. The molecule has 0 amide bonds. The molecule has 108 valence electrons. The van der Waals surface area contributed by atoms with E-state index < -0.39 is 5.60 Å². The number of benzene rings is 1. The monoisotopic (exact) mass is 346 g/mol. The maximum absolute atomic E-state index is 10.4. The highest BCUT2D eigenvalue weighted by Gasteiger charge is 2.33. The quantitative estimate of drug-likeness (QED) is 0.894. The van der Waals surface area contributed by atoms with Gasteiger partial charge in [-0.05, 0) is 29.4 Å². The molecule has 3 nitrogen and oxygen atoms in total. The molecule has 0 saturated heterocycles. The fourth-order valence-corrected chi connectivity index (χ4v) is 3.53. The highest BCUT2D eigenvalue weighted by atomic mass is 79.9. The van der Waals surface area contributed by atoms with Crippen molar-refractivity contribution in [1.29, 1.82) is 0 Å². The second-order valence-corrected chi connectivity index (χ2v) is 6.05. The van der Waals surface area contributed by atoms with Gasteiger partial charge in [0.05, 0.1) is 19.1 Å². The minimum atomic E-state index is -1.36. The molecular formula is C17H15BrO3. The maximum atomic E-state index is 10.4. The van der Waals surface area contributed by atoms with E-state index in [1.165, 1.54) is 0 Å². The van der Waals surface area contributed by atoms with Crippen LogP contribution in [0.15, 0.2) is 70.0 Å². The lowest BCUT2D eigenvalue weighted by atomic mass is 9.80. The average Bonchev–Trinajstić information content (AvgIpc) is 3.01. The van der Waals surface area contributed by atoms with Crippen molar-refractivity contribution in [2.45, 2.75) is 11.5 Å². The smallest absolute Gasteiger partial charge is 0.126 e. The zero-order valence-electron chi connectivity index (χ0n) is 11.2. The first-order valence-electron chi connectivity index (χ1n) is 6.65. The highest BCUT2D eigenvalue weighted by molar-refractivity contribution is 9.11. The van der Waals surface area contributed by atoms with Gasteiger partial charge in [0, 0.05) is 16.0 Å². The summed E-state index contributed by atoms with van der Waals surface area (Å²) in [6.45, 7) is -0.370. The summed E-state index contributed by atoms with van der Waals surface area (Å²) in [7, 11) is 0. The average molecular weight is 347 g/mol. The molecule has 0 saturated carbocycles. The lowest BCUT2D eigenvalue weighted by Gasteiger charge is -2.31. The molecule has 3 rings (SSSR count). The molecule has 2 N–H and O–H groups in total. The van der Waals surface area contributed by atoms with E-state index in [1.807, 2.05) is 36.4 Å². The van der Waals surface area contributed by atoms with E-state index in [0.717, 1.165) is 21.2 Å². The van der Waals surface area contributed by atoms with E-state index >= 15 is 0 Å².